The first kappa shape index (κ1) is 14.1. The molecular weight excluding hydrogens is 294 g/mol. The summed E-state index contributed by atoms with van der Waals surface area (Å²) >= 11 is 1.25. The van der Waals surface area contributed by atoms with Gasteiger partial charge in [-0.25, -0.2) is 0 Å². The van der Waals surface area contributed by atoms with E-state index >= 15 is 0 Å². The van der Waals surface area contributed by atoms with Crippen LogP contribution in [0.25, 0.3) is 0 Å². The average molecular weight is 309 g/mol. The van der Waals surface area contributed by atoms with Gasteiger partial charge in [0.05, 0.1) is 11.7 Å². The van der Waals surface area contributed by atoms with Gasteiger partial charge in [-0.05, 0) is 13.3 Å². The van der Waals surface area contributed by atoms with Gasteiger partial charge < -0.3 is 13.8 Å². The van der Waals surface area contributed by atoms with Gasteiger partial charge in [0.2, 0.25) is 17.7 Å². The maximum absolute atomic E-state index is 12.2. The van der Waals surface area contributed by atoms with Gasteiger partial charge in [0.25, 0.3) is 5.22 Å². The molecule has 2 aromatic heterocycles. The van der Waals surface area contributed by atoms with Crippen molar-refractivity contribution >= 4 is 17.7 Å². The molecule has 1 aliphatic heterocycles. The molecule has 0 N–H and O–H groups in total. The number of aromatic nitrogens is 4. The van der Waals surface area contributed by atoms with E-state index in [2.05, 4.69) is 20.3 Å². The summed E-state index contributed by atoms with van der Waals surface area (Å²) in [5.74, 6) is 2.20. The van der Waals surface area contributed by atoms with E-state index in [1.165, 1.54) is 11.8 Å². The minimum absolute atomic E-state index is 0.0505. The lowest BCUT2D eigenvalue weighted by Gasteiger charge is -2.14. The molecule has 0 spiro atoms. The Morgan fingerprint density at radius 3 is 2.95 bits per heavy atom. The zero-order valence-corrected chi connectivity index (χ0v) is 12.6. The summed E-state index contributed by atoms with van der Waals surface area (Å²) in [5, 5.41) is 11.8. The molecule has 0 bridgehead atoms. The van der Waals surface area contributed by atoms with Gasteiger partial charge in [0.15, 0.2) is 5.82 Å². The number of nitrogens with zero attached hydrogens (tertiary/aromatic N) is 5. The van der Waals surface area contributed by atoms with Crippen LogP contribution < -0.4 is 0 Å². The van der Waals surface area contributed by atoms with Crippen molar-refractivity contribution < 1.29 is 13.7 Å². The molecule has 2 aromatic rings. The fraction of sp³-hybridized carbons (Fsp3) is 0.583. The molecule has 1 saturated heterocycles. The molecule has 9 heteroatoms. The highest BCUT2D eigenvalue weighted by Crippen LogP contribution is 2.27. The van der Waals surface area contributed by atoms with Crippen molar-refractivity contribution in [2.45, 2.75) is 31.4 Å². The molecule has 8 nitrogen and oxygen atoms in total. The number of aryl methyl sites for hydroxylation is 2. The second-order valence-corrected chi connectivity index (χ2v) is 5.81. The Hall–Kier alpha value is -1.90. The van der Waals surface area contributed by atoms with E-state index in [1.807, 2.05) is 0 Å². The molecule has 0 unspecified atom stereocenters. The highest BCUT2D eigenvalue weighted by molar-refractivity contribution is 7.99. The average Bonchev–Trinajstić information content (AvgIpc) is 3.16. The highest BCUT2D eigenvalue weighted by Gasteiger charge is 2.30. The first-order valence-electron chi connectivity index (χ1n) is 6.62. The van der Waals surface area contributed by atoms with Gasteiger partial charge in [0.1, 0.15) is 0 Å². The van der Waals surface area contributed by atoms with Gasteiger partial charge in [-0.1, -0.05) is 16.9 Å². The quantitative estimate of drug-likeness (QED) is 0.776. The van der Waals surface area contributed by atoms with Crippen molar-refractivity contribution in [3.8, 4) is 0 Å². The maximum atomic E-state index is 12.2. The van der Waals surface area contributed by atoms with Gasteiger partial charge in [-0.3, -0.25) is 4.79 Å². The Morgan fingerprint density at radius 2 is 2.29 bits per heavy atom. The number of hydrogen-bond acceptors (Lipinski definition) is 8. The first-order valence-corrected chi connectivity index (χ1v) is 7.61. The molecule has 0 saturated carbocycles. The zero-order chi connectivity index (χ0) is 14.8. The Bertz CT molecular complexity index is 640. The van der Waals surface area contributed by atoms with Crippen LogP contribution in [0.2, 0.25) is 0 Å². The number of carbonyl (C=O) groups is 1. The molecule has 1 aliphatic rings. The van der Waals surface area contributed by atoms with E-state index in [1.54, 1.807) is 18.7 Å². The second-order valence-electron chi connectivity index (χ2n) is 4.88. The molecule has 21 heavy (non-hydrogen) atoms. The topological polar surface area (TPSA) is 98.2 Å². The van der Waals surface area contributed by atoms with Gasteiger partial charge in [0, 0.05) is 20.0 Å². The third kappa shape index (κ3) is 3.23. The van der Waals surface area contributed by atoms with Crippen LogP contribution in [0.5, 0.6) is 0 Å². The third-order valence-electron chi connectivity index (χ3n) is 3.26. The molecule has 1 fully saturated rings. The van der Waals surface area contributed by atoms with Crippen LogP contribution in [-0.2, 0) is 4.79 Å². The lowest BCUT2D eigenvalue weighted by molar-refractivity contribution is -0.127. The molecule has 0 aliphatic carbocycles. The SMILES string of the molecule is Cc1noc([C@H]2CCN(C(=O)CSc3nnc(C)o3)C2)n1. The highest BCUT2D eigenvalue weighted by atomic mass is 32.2. The molecule has 3 heterocycles. The van der Waals surface area contributed by atoms with Crippen LogP contribution in [-0.4, -0.2) is 50.0 Å². The lowest BCUT2D eigenvalue weighted by Crippen LogP contribution is -2.30. The van der Waals surface area contributed by atoms with Crippen molar-refractivity contribution in [2.75, 3.05) is 18.8 Å². The van der Waals surface area contributed by atoms with Crippen molar-refractivity contribution in [1.82, 2.24) is 25.2 Å². The van der Waals surface area contributed by atoms with E-state index in [4.69, 9.17) is 8.94 Å². The minimum atomic E-state index is 0.0505. The Kier molecular flexibility index (Phi) is 3.91. The molecule has 0 aromatic carbocycles. The smallest absolute Gasteiger partial charge is 0.277 e. The summed E-state index contributed by atoms with van der Waals surface area (Å²) in [7, 11) is 0. The fourth-order valence-corrected chi connectivity index (χ4v) is 2.93. The predicted octanol–water partition coefficient (Wildman–Crippen LogP) is 1.18. The maximum Gasteiger partial charge on any atom is 0.277 e. The summed E-state index contributed by atoms with van der Waals surface area (Å²) in [5.41, 5.74) is 0. The lowest BCUT2D eigenvalue weighted by atomic mass is 10.1. The predicted molar refractivity (Wildman–Crippen MR) is 72.7 cm³/mol. The van der Waals surface area contributed by atoms with Gasteiger partial charge in [-0.15, -0.1) is 10.2 Å². The summed E-state index contributed by atoms with van der Waals surface area (Å²) in [6.45, 7) is 4.82. The monoisotopic (exact) mass is 309 g/mol. The fourth-order valence-electron chi connectivity index (χ4n) is 2.22. The van der Waals surface area contributed by atoms with E-state index in [-0.39, 0.29) is 17.6 Å². The standard InChI is InChI=1S/C12H15N5O3S/c1-7-13-11(20-16-7)9-3-4-17(5-9)10(18)6-21-12-15-14-8(2)19-12/h9H,3-6H2,1-2H3/t9-/m0/s1. The van der Waals surface area contributed by atoms with E-state index in [0.717, 1.165) is 6.42 Å². The van der Waals surface area contributed by atoms with Gasteiger partial charge >= 0.3 is 0 Å². The minimum Gasteiger partial charge on any atom is -0.416 e. The Balaban J connectivity index is 1.52. The number of hydrogen-bond donors (Lipinski definition) is 0. The van der Waals surface area contributed by atoms with Crippen LogP contribution in [0.4, 0.5) is 0 Å². The van der Waals surface area contributed by atoms with Crippen molar-refractivity contribution in [3.63, 3.8) is 0 Å². The largest absolute Gasteiger partial charge is 0.416 e. The summed E-state index contributed by atoms with van der Waals surface area (Å²) in [4.78, 5) is 18.2. The molecule has 1 amide bonds. The van der Waals surface area contributed by atoms with Crippen molar-refractivity contribution in [3.05, 3.63) is 17.6 Å². The van der Waals surface area contributed by atoms with Gasteiger partial charge in [-0.2, -0.15) is 4.98 Å². The summed E-state index contributed by atoms with van der Waals surface area (Å²) in [6.07, 6.45) is 0.845. The Labute approximate surface area is 125 Å². The van der Waals surface area contributed by atoms with E-state index in [9.17, 15) is 4.79 Å². The molecular formula is C12H15N5O3S. The normalized spacial score (nSPS) is 18.4. The number of thioether (sulfide) groups is 1. The Morgan fingerprint density at radius 1 is 1.43 bits per heavy atom. The molecule has 1 atom stereocenters. The van der Waals surface area contributed by atoms with Crippen molar-refractivity contribution in [1.29, 1.82) is 0 Å². The summed E-state index contributed by atoms with van der Waals surface area (Å²) in [6, 6.07) is 0. The number of amides is 1. The third-order valence-corrected chi connectivity index (χ3v) is 4.06. The molecule has 112 valence electrons. The second kappa shape index (κ2) is 5.84. The molecule has 3 rings (SSSR count). The number of carbonyl (C=O) groups excluding carboxylic acids is 1. The van der Waals surface area contributed by atoms with Crippen molar-refractivity contribution in [2.24, 2.45) is 0 Å². The zero-order valence-electron chi connectivity index (χ0n) is 11.8. The number of rotatable bonds is 4. The van der Waals surface area contributed by atoms with E-state index < -0.39 is 0 Å². The van der Waals surface area contributed by atoms with Crippen LogP contribution in [0, 0.1) is 13.8 Å². The van der Waals surface area contributed by atoms with Crippen LogP contribution >= 0.6 is 11.8 Å². The van der Waals surface area contributed by atoms with Crippen LogP contribution in [0.3, 0.4) is 0 Å². The summed E-state index contributed by atoms with van der Waals surface area (Å²) < 4.78 is 10.4. The first-order chi connectivity index (χ1) is 10.1. The van der Waals surface area contributed by atoms with Crippen LogP contribution in [0.15, 0.2) is 14.2 Å². The van der Waals surface area contributed by atoms with E-state index in [0.29, 0.717) is 35.9 Å². The molecule has 0 radical (unpaired) electrons. The van der Waals surface area contributed by atoms with Crippen LogP contribution in [0.1, 0.15) is 29.9 Å². The number of likely N-dealkylation sites (tertiary alicyclic amines) is 1.